The van der Waals surface area contributed by atoms with Gasteiger partial charge in [0.1, 0.15) is 48.0 Å². The van der Waals surface area contributed by atoms with E-state index < -0.39 is 175 Å². The van der Waals surface area contributed by atoms with E-state index in [1.807, 2.05) is 27.7 Å². The van der Waals surface area contributed by atoms with Crippen molar-refractivity contribution in [2.45, 2.75) is 233 Å². The maximum atomic E-state index is 15.2. The van der Waals surface area contributed by atoms with Gasteiger partial charge in [-0.15, -0.1) is 0 Å². The Bertz CT molecular complexity index is 2490. The first kappa shape index (κ1) is 78.1. The fraction of sp³-hybridized carbons (Fsp3) is 0.828. The molecule has 0 radical (unpaired) electrons. The van der Waals surface area contributed by atoms with E-state index in [-0.39, 0.29) is 75.0 Å². The van der Waals surface area contributed by atoms with Gasteiger partial charge >= 0.3 is 6.18 Å². The maximum Gasteiger partial charge on any atom is 0.394 e. The third-order valence-corrected chi connectivity index (χ3v) is 18.1. The Morgan fingerprint density at radius 2 is 1.02 bits per heavy atom. The molecule has 1 aliphatic heterocycles. The van der Waals surface area contributed by atoms with Gasteiger partial charge < -0.3 is 55.6 Å². The van der Waals surface area contributed by atoms with Crippen LogP contribution in [0.3, 0.4) is 0 Å². The van der Waals surface area contributed by atoms with Crippen LogP contribution in [-0.2, 0) is 52.7 Å². The highest BCUT2D eigenvalue weighted by atomic mass is 19.4. The SMILES string of the molecule is CC(C)C[C@H]1C(=O)N[C@@H](C(C)C)C(=O)N(C)CC(=O)N(C)CC(=O)N(C)[C@@H](CC2CCCCC2)C(=O)N(C)CC(=O)N[C@@H](CCC2CCC(C(F)(F)F)C(F)C2)C(=O)N(C)[C@@H](CC(C)C)C(=O)NC(C)(C)C(=O)N(C)[C@@H](CC(C)C)C(=O)N[C@H](C)CC(=O)N1C. The summed E-state index contributed by atoms with van der Waals surface area (Å²) in [6.07, 6.45) is -3.39. The Morgan fingerprint density at radius 3 is 1.54 bits per heavy atom. The monoisotopic (exact) mass is 1280 g/mol. The number of likely N-dealkylation sites (N-methyl/N-ethyl adjacent to an activating group) is 7. The summed E-state index contributed by atoms with van der Waals surface area (Å²) in [7, 11) is 9.73. The zero-order chi connectivity index (χ0) is 68.6. The zero-order valence-corrected chi connectivity index (χ0v) is 57.0. The summed E-state index contributed by atoms with van der Waals surface area (Å²) >= 11 is 0. The first-order chi connectivity index (χ1) is 41.6. The summed E-state index contributed by atoms with van der Waals surface area (Å²) in [6, 6.07) is -8.06. The van der Waals surface area contributed by atoms with Crippen LogP contribution in [0.1, 0.15) is 172 Å². The molecule has 0 bridgehead atoms. The van der Waals surface area contributed by atoms with E-state index >= 15 is 4.39 Å². The fourth-order valence-electron chi connectivity index (χ4n) is 12.5. The van der Waals surface area contributed by atoms with E-state index in [1.54, 1.807) is 34.6 Å². The van der Waals surface area contributed by atoms with Gasteiger partial charge in [0.25, 0.3) is 0 Å². The molecule has 22 nitrogen and oxygen atoms in total. The average Bonchev–Trinajstić information content (AvgIpc) is 0.888. The molecule has 26 heteroatoms. The Hall–Kier alpha value is -6.11. The molecule has 3 fully saturated rings. The lowest BCUT2D eigenvalue weighted by Crippen LogP contribution is -2.63. The number of amides is 11. The highest BCUT2D eigenvalue weighted by Gasteiger charge is 2.48. The van der Waals surface area contributed by atoms with Crippen LogP contribution in [0, 0.1) is 41.4 Å². The number of carbonyl (C=O) groups excluding carboxylic acids is 11. The van der Waals surface area contributed by atoms with Crippen molar-refractivity contribution < 1.29 is 70.3 Å². The van der Waals surface area contributed by atoms with Crippen molar-refractivity contribution in [1.29, 1.82) is 0 Å². The minimum Gasteiger partial charge on any atom is -0.351 e. The van der Waals surface area contributed by atoms with Gasteiger partial charge in [0.15, 0.2) is 0 Å². The second-order valence-corrected chi connectivity index (χ2v) is 28.2. The number of hydrogen-bond donors (Lipinski definition) is 4. The standard InChI is InChI=1S/C64H109F4N11O11/c1-37(2)28-47-57(85)71-55(40(7)8)61(89)75(14)35-53(82)73(12)36-54(83)77(16)50(33-42-22-20-19-21-23-42)60(88)74(13)34-51(80)70-46(27-25-43-24-26-44(45(65)32-43)64(66,67)68)59(87)78(17)49(30-39(5)6)58(86)72-63(10,11)62(90)79(18)48(29-38(3)4)56(84)69-41(9)31-52(81)76(47)15/h37-50,55H,19-36H2,1-18H3,(H,69,84)(H,70,80)(H,71,85)(H,72,86)/t41-,43?,44?,45?,46+,47+,48+,49+,50+,55+/m1/s1. The summed E-state index contributed by atoms with van der Waals surface area (Å²) in [6.45, 7) is 17.3. The molecule has 0 aromatic carbocycles. The molecule has 4 N–H and O–H groups in total. The van der Waals surface area contributed by atoms with Crippen LogP contribution >= 0.6 is 0 Å². The first-order valence-electron chi connectivity index (χ1n) is 32.3. The molecule has 1 heterocycles. The van der Waals surface area contributed by atoms with Crippen LogP contribution in [-0.4, -0.2) is 228 Å². The van der Waals surface area contributed by atoms with E-state index in [9.17, 15) is 65.9 Å². The third-order valence-electron chi connectivity index (χ3n) is 18.1. The summed E-state index contributed by atoms with van der Waals surface area (Å²) in [4.78, 5) is 167. The van der Waals surface area contributed by atoms with Crippen LogP contribution in [0.15, 0.2) is 0 Å². The molecule has 514 valence electrons. The molecular formula is C64H109F4N11O11. The normalized spacial score (nSPS) is 28.3. The molecule has 0 aromatic heterocycles. The zero-order valence-electron chi connectivity index (χ0n) is 57.0. The summed E-state index contributed by atoms with van der Waals surface area (Å²) in [5, 5.41) is 11.2. The predicted octanol–water partition coefficient (Wildman–Crippen LogP) is 5.30. The minimum absolute atomic E-state index is 0.00577. The smallest absolute Gasteiger partial charge is 0.351 e. The molecule has 90 heavy (non-hydrogen) atoms. The van der Waals surface area contributed by atoms with E-state index in [0.717, 1.165) is 51.7 Å². The largest absolute Gasteiger partial charge is 0.394 e. The van der Waals surface area contributed by atoms with Gasteiger partial charge in [-0.3, -0.25) is 52.7 Å². The van der Waals surface area contributed by atoms with E-state index in [1.165, 1.54) is 77.9 Å². The average molecular weight is 1280 g/mol. The molecule has 3 unspecified atom stereocenters. The van der Waals surface area contributed by atoms with Crippen LogP contribution < -0.4 is 21.3 Å². The van der Waals surface area contributed by atoms with Crippen molar-refractivity contribution in [3.05, 3.63) is 0 Å². The van der Waals surface area contributed by atoms with E-state index in [4.69, 9.17) is 0 Å². The summed E-state index contributed by atoms with van der Waals surface area (Å²) in [5.41, 5.74) is -1.73. The van der Waals surface area contributed by atoms with E-state index in [0.29, 0.717) is 0 Å². The maximum absolute atomic E-state index is 15.2. The van der Waals surface area contributed by atoms with Crippen LogP contribution in [0.5, 0.6) is 0 Å². The molecule has 2 saturated carbocycles. The lowest BCUT2D eigenvalue weighted by Gasteiger charge is -2.38. The van der Waals surface area contributed by atoms with Crippen LogP contribution in [0.2, 0.25) is 0 Å². The molecule has 1 saturated heterocycles. The number of nitrogens with one attached hydrogen (secondary N) is 4. The van der Waals surface area contributed by atoms with Gasteiger partial charge in [-0.2, -0.15) is 13.2 Å². The van der Waals surface area contributed by atoms with Gasteiger partial charge in [-0.1, -0.05) is 87.5 Å². The number of alkyl halides is 4. The molecule has 10 atom stereocenters. The molecule has 11 amide bonds. The van der Waals surface area contributed by atoms with Gasteiger partial charge in [0.2, 0.25) is 65.0 Å². The second kappa shape index (κ2) is 34.5. The first-order valence-corrected chi connectivity index (χ1v) is 32.3. The molecule has 2 aliphatic carbocycles. The number of nitrogens with zero attached hydrogens (tertiary/aromatic N) is 7. The van der Waals surface area contributed by atoms with Gasteiger partial charge in [-0.05, 0) is 114 Å². The Labute approximate surface area is 532 Å². The van der Waals surface area contributed by atoms with Crippen molar-refractivity contribution in [3.8, 4) is 0 Å². The second-order valence-electron chi connectivity index (χ2n) is 28.2. The fourth-order valence-corrected chi connectivity index (χ4v) is 12.5. The summed E-state index contributed by atoms with van der Waals surface area (Å²) in [5.74, 6) is -11.1. The van der Waals surface area contributed by atoms with E-state index in [2.05, 4.69) is 21.3 Å². The van der Waals surface area contributed by atoms with Crippen LogP contribution in [0.25, 0.3) is 0 Å². The number of hydrogen-bond acceptors (Lipinski definition) is 11. The van der Waals surface area contributed by atoms with Crippen molar-refractivity contribution in [3.63, 3.8) is 0 Å². The summed E-state index contributed by atoms with van der Waals surface area (Å²) < 4.78 is 56.4. The number of carbonyl (C=O) groups is 11. The van der Waals surface area contributed by atoms with Gasteiger partial charge in [0, 0.05) is 61.8 Å². The molecule has 3 rings (SSSR count). The Morgan fingerprint density at radius 1 is 0.522 bits per heavy atom. The molecule has 0 spiro atoms. The van der Waals surface area contributed by atoms with Crippen molar-refractivity contribution >= 4 is 65.0 Å². The van der Waals surface area contributed by atoms with Crippen molar-refractivity contribution in [2.75, 3.05) is 69.0 Å². The molecule has 0 aromatic rings. The number of rotatable bonds is 12. The van der Waals surface area contributed by atoms with Gasteiger partial charge in [-0.25, -0.2) is 4.39 Å². The van der Waals surface area contributed by atoms with Gasteiger partial charge in [0.05, 0.1) is 25.6 Å². The lowest BCUT2D eigenvalue weighted by molar-refractivity contribution is -0.201. The third kappa shape index (κ3) is 22.9. The predicted molar refractivity (Wildman–Crippen MR) is 333 cm³/mol. The van der Waals surface area contributed by atoms with Crippen molar-refractivity contribution in [2.24, 2.45) is 41.4 Å². The van der Waals surface area contributed by atoms with Crippen LogP contribution in [0.4, 0.5) is 17.6 Å². The quantitative estimate of drug-likeness (QED) is 0.182. The molecule has 3 aliphatic rings. The Balaban J connectivity index is 2.18. The topological polar surface area (TPSA) is 259 Å². The highest BCUT2D eigenvalue weighted by molar-refractivity contribution is 5.98. The Kier molecular flexibility index (Phi) is 30.0. The highest BCUT2D eigenvalue weighted by Crippen LogP contribution is 2.43. The number of halogens is 4. The lowest BCUT2D eigenvalue weighted by atomic mass is 9.78. The van der Waals surface area contributed by atoms with Crippen molar-refractivity contribution in [1.82, 2.24) is 55.6 Å². The minimum atomic E-state index is -4.75. The molecular weight excluding hydrogens is 1170 g/mol.